The zero-order valence-corrected chi connectivity index (χ0v) is 9.88. The molecule has 3 atom stereocenters. The lowest BCUT2D eigenvalue weighted by Crippen LogP contribution is -2.39. The van der Waals surface area contributed by atoms with Crippen LogP contribution in [0.5, 0.6) is 0 Å². The van der Waals surface area contributed by atoms with Crippen LogP contribution in [-0.2, 0) is 4.74 Å². The molecule has 0 heterocycles. The van der Waals surface area contributed by atoms with Crippen molar-refractivity contribution >= 4 is 0 Å². The molecule has 0 amide bonds. The Morgan fingerprint density at radius 1 is 1.43 bits per heavy atom. The normalized spacial score (nSPS) is 30.2. The molecular formula is C12H25NO. The van der Waals surface area contributed by atoms with Gasteiger partial charge in [0.15, 0.2) is 0 Å². The number of likely N-dealkylation sites (N-methyl/N-ethyl adjacent to an activating group) is 1. The summed E-state index contributed by atoms with van der Waals surface area (Å²) in [6, 6.07) is 0.567. The van der Waals surface area contributed by atoms with E-state index in [1.807, 2.05) is 0 Å². The second-order valence-electron chi connectivity index (χ2n) is 4.59. The molecule has 3 unspecified atom stereocenters. The van der Waals surface area contributed by atoms with E-state index in [1.54, 1.807) is 0 Å². The fraction of sp³-hybridized carbons (Fsp3) is 1.00. The van der Waals surface area contributed by atoms with Crippen molar-refractivity contribution in [1.82, 2.24) is 5.32 Å². The molecule has 0 saturated heterocycles. The van der Waals surface area contributed by atoms with Crippen LogP contribution in [0.4, 0.5) is 0 Å². The molecule has 2 heteroatoms. The van der Waals surface area contributed by atoms with Crippen LogP contribution in [0.15, 0.2) is 0 Å². The van der Waals surface area contributed by atoms with Crippen LogP contribution in [0.1, 0.15) is 39.5 Å². The lowest BCUT2D eigenvalue weighted by molar-refractivity contribution is 0.0898. The summed E-state index contributed by atoms with van der Waals surface area (Å²) in [5.74, 6) is 1.74. The molecule has 0 aliphatic heterocycles. The van der Waals surface area contributed by atoms with Crippen molar-refractivity contribution in [3.8, 4) is 0 Å². The Balaban J connectivity index is 2.34. The van der Waals surface area contributed by atoms with E-state index in [0.29, 0.717) is 6.04 Å². The number of hydrogen-bond acceptors (Lipinski definition) is 2. The van der Waals surface area contributed by atoms with E-state index in [2.05, 4.69) is 26.2 Å². The van der Waals surface area contributed by atoms with Crippen molar-refractivity contribution in [3.63, 3.8) is 0 Å². The minimum atomic E-state index is 0.567. The third-order valence-corrected chi connectivity index (χ3v) is 3.42. The minimum absolute atomic E-state index is 0.567. The Labute approximate surface area is 88.4 Å². The van der Waals surface area contributed by atoms with Crippen molar-refractivity contribution in [2.75, 3.05) is 20.3 Å². The highest BCUT2D eigenvalue weighted by atomic mass is 16.5. The summed E-state index contributed by atoms with van der Waals surface area (Å²) in [6.45, 7) is 6.15. The Morgan fingerprint density at radius 2 is 2.21 bits per heavy atom. The molecule has 14 heavy (non-hydrogen) atoms. The molecule has 0 bridgehead atoms. The van der Waals surface area contributed by atoms with Gasteiger partial charge in [-0.3, -0.25) is 0 Å². The zero-order chi connectivity index (χ0) is 10.4. The van der Waals surface area contributed by atoms with Crippen molar-refractivity contribution in [2.45, 2.75) is 45.6 Å². The molecule has 0 aromatic heterocycles. The van der Waals surface area contributed by atoms with Gasteiger partial charge in [0.1, 0.15) is 0 Å². The third-order valence-electron chi connectivity index (χ3n) is 3.42. The Kier molecular flexibility index (Phi) is 5.49. The predicted molar refractivity (Wildman–Crippen MR) is 60.5 cm³/mol. The molecule has 1 N–H and O–H groups in total. The van der Waals surface area contributed by atoms with Crippen molar-refractivity contribution in [2.24, 2.45) is 11.8 Å². The van der Waals surface area contributed by atoms with Gasteiger partial charge >= 0.3 is 0 Å². The maximum Gasteiger partial charge on any atom is 0.0622 e. The summed E-state index contributed by atoms with van der Waals surface area (Å²) in [5, 5.41) is 3.40. The van der Waals surface area contributed by atoms with Crippen LogP contribution >= 0.6 is 0 Å². The standard InChI is InChI=1S/C12H25NO/c1-4-14-9-12(13-3)11-7-5-6-10(2)8-11/h10-13H,4-9H2,1-3H3. The van der Waals surface area contributed by atoms with Crippen LogP contribution < -0.4 is 5.32 Å². The molecule has 1 aliphatic rings. The minimum Gasteiger partial charge on any atom is -0.380 e. The van der Waals surface area contributed by atoms with E-state index in [-0.39, 0.29) is 0 Å². The number of hydrogen-bond donors (Lipinski definition) is 1. The largest absolute Gasteiger partial charge is 0.380 e. The zero-order valence-electron chi connectivity index (χ0n) is 9.88. The monoisotopic (exact) mass is 199 g/mol. The molecule has 0 aromatic carbocycles. The highest BCUT2D eigenvalue weighted by molar-refractivity contribution is 4.80. The first-order chi connectivity index (χ1) is 6.77. The van der Waals surface area contributed by atoms with E-state index >= 15 is 0 Å². The second-order valence-corrected chi connectivity index (χ2v) is 4.59. The van der Waals surface area contributed by atoms with Gasteiger partial charge in [-0.2, -0.15) is 0 Å². The van der Waals surface area contributed by atoms with E-state index in [4.69, 9.17) is 4.74 Å². The molecule has 1 rings (SSSR count). The van der Waals surface area contributed by atoms with Crippen LogP contribution in [0.25, 0.3) is 0 Å². The van der Waals surface area contributed by atoms with E-state index in [1.165, 1.54) is 25.7 Å². The topological polar surface area (TPSA) is 21.3 Å². The average Bonchev–Trinajstić information content (AvgIpc) is 2.19. The van der Waals surface area contributed by atoms with Crippen molar-refractivity contribution in [3.05, 3.63) is 0 Å². The summed E-state index contributed by atoms with van der Waals surface area (Å²) in [5.41, 5.74) is 0. The van der Waals surface area contributed by atoms with E-state index in [9.17, 15) is 0 Å². The quantitative estimate of drug-likeness (QED) is 0.734. The highest BCUT2D eigenvalue weighted by Crippen LogP contribution is 2.30. The number of ether oxygens (including phenoxy) is 1. The highest BCUT2D eigenvalue weighted by Gasteiger charge is 2.25. The van der Waals surface area contributed by atoms with Crippen LogP contribution in [0, 0.1) is 11.8 Å². The van der Waals surface area contributed by atoms with Crippen LogP contribution in [0.2, 0.25) is 0 Å². The molecule has 84 valence electrons. The van der Waals surface area contributed by atoms with Crippen molar-refractivity contribution < 1.29 is 4.74 Å². The number of rotatable bonds is 5. The Morgan fingerprint density at radius 3 is 2.79 bits per heavy atom. The third kappa shape index (κ3) is 3.58. The maximum absolute atomic E-state index is 5.51. The molecule has 1 aliphatic carbocycles. The Hall–Kier alpha value is -0.0800. The van der Waals surface area contributed by atoms with Gasteiger partial charge in [0.05, 0.1) is 6.61 Å². The summed E-state index contributed by atoms with van der Waals surface area (Å²) < 4.78 is 5.51. The van der Waals surface area contributed by atoms with Gasteiger partial charge in [-0.25, -0.2) is 0 Å². The van der Waals surface area contributed by atoms with Gasteiger partial charge in [0, 0.05) is 12.6 Å². The molecule has 1 saturated carbocycles. The second kappa shape index (κ2) is 6.41. The first kappa shape index (κ1) is 12.0. The average molecular weight is 199 g/mol. The smallest absolute Gasteiger partial charge is 0.0622 e. The molecule has 0 radical (unpaired) electrons. The fourth-order valence-corrected chi connectivity index (χ4v) is 2.55. The van der Waals surface area contributed by atoms with Crippen LogP contribution in [0.3, 0.4) is 0 Å². The van der Waals surface area contributed by atoms with E-state index < -0.39 is 0 Å². The van der Waals surface area contributed by atoms with Gasteiger partial charge in [0.25, 0.3) is 0 Å². The maximum atomic E-state index is 5.51. The summed E-state index contributed by atoms with van der Waals surface area (Å²) in [4.78, 5) is 0. The first-order valence-corrected chi connectivity index (χ1v) is 6.03. The van der Waals surface area contributed by atoms with Crippen molar-refractivity contribution in [1.29, 1.82) is 0 Å². The van der Waals surface area contributed by atoms with Gasteiger partial charge in [-0.15, -0.1) is 0 Å². The summed E-state index contributed by atoms with van der Waals surface area (Å²) in [7, 11) is 2.06. The lowest BCUT2D eigenvalue weighted by atomic mass is 9.79. The first-order valence-electron chi connectivity index (χ1n) is 6.03. The van der Waals surface area contributed by atoms with E-state index in [0.717, 1.165) is 25.0 Å². The van der Waals surface area contributed by atoms with Gasteiger partial charge in [-0.1, -0.05) is 19.8 Å². The summed E-state index contributed by atoms with van der Waals surface area (Å²) >= 11 is 0. The Bertz CT molecular complexity index is 149. The van der Waals surface area contributed by atoms with Gasteiger partial charge in [-0.05, 0) is 38.6 Å². The number of nitrogens with one attached hydrogen (secondary N) is 1. The molecule has 2 nitrogen and oxygen atoms in total. The van der Waals surface area contributed by atoms with Crippen LogP contribution in [-0.4, -0.2) is 26.3 Å². The predicted octanol–water partition coefficient (Wildman–Crippen LogP) is 2.44. The lowest BCUT2D eigenvalue weighted by Gasteiger charge is -2.32. The molecule has 0 spiro atoms. The molecular weight excluding hydrogens is 174 g/mol. The summed E-state index contributed by atoms with van der Waals surface area (Å²) in [6.07, 6.45) is 5.57. The molecule has 1 fully saturated rings. The van der Waals surface area contributed by atoms with Gasteiger partial charge < -0.3 is 10.1 Å². The molecule has 0 aromatic rings. The SMILES string of the molecule is CCOCC(NC)C1CCCC(C)C1. The van der Waals surface area contributed by atoms with Gasteiger partial charge in [0.2, 0.25) is 0 Å². The fourth-order valence-electron chi connectivity index (χ4n) is 2.55.